The second kappa shape index (κ2) is 10.8. The van der Waals surface area contributed by atoms with Crippen LogP contribution in [0.4, 0.5) is 0 Å². The van der Waals surface area contributed by atoms with Crippen molar-refractivity contribution >= 4 is 28.9 Å². The lowest BCUT2D eigenvalue weighted by Crippen LogP contribution is -2.18. The number of nitrogens with zero attached hydrogens (tertiary/aromatic N) is 4. The number of hydrogen-bond acceptors (Lipinski definition) is 10. The maximum Gasteiger partial charge on any atom is 0.331 e. The van der Waals surface area contributed by atoms with E-state index in [1.54, 1.807) is 4.68 Å². The highest BCUT2D eigenvalue weighted by Gasteiger charge is 2.30. The number of aliphatic hydroxyl groups is 2. The van der Waals surface area contributed by atoms with Gasteiger partial charge in [0.2, 0.25) is 0 Å². The van der Waals surface area contributed by atoms with Crippen molar-refractivity contribution in [2.45, 2.75) is 69.5 Å². The highest BCUT2D eigenvalue weighted by Crippen LogP contribution is 2.32. The summed E-state index contributed by atoms with van der Waals surface area (Å²) in [5.41, 5.74) is 0.479. The van der Waals surface area contributed by atoms with E-state index in [9.17, 15) is 9.59 Å². The number of aromatic amines is 1. The van der Waals surface area contributed by atoms with Crippen LogP contribution in [0.1, 0.15) is 52.5 Å². The first-order valence-corrected chi connectivity index (χ1v) is 10.7. The van der Waals surface area contributed by atoms with Gasteiger partial charge in [-0.25, -0.2) is 14.5 Å². The van der Waals surface area contributed by atoms with E-state index in [1.165, 1.54) is 32.7 Å². The Morgan fingerprint density at radius 3 is 2.70 bits per heavy atom. The largest absolute Gasteiger partial charge is 0.467 e. The van der Waals surface area contributed by atoms with Crippen LogP contribution < -0.4 is 5.56 Å². The van der Waals surface area contributed by atoms with Crippen LogP contribution in [0, 0.1) is 0 Å². The van der Waals surface area contributed by atoms with Crippen molar-refractivity contribution in [3.05, 3.63) is 10.4 Å². The Morgan fingerprint density at radius 1 is 1.37 bits per heavy atom. The Bertz CT molecular complexity index is 887. The predicted octanol–water partition coefficient (Wildman–Crippen LogP) is 1.01. The van der Waals surface area contributed by atoms with Gasteiger partial charge in [0.05, 0.1) is 19.3 Å². The molecule has 30 heavy (non-hydrogen) atoms. The van der Waals surface area contributed by atoms with E-state index < -0.39 is 5.79 Å². The molecular weight excluding hydrogens is 414 g/mol. The molecule has 1 aliphatic rings. The van der Waals surface area contributed by atoms with E-state index >= 15 is 0 Å². The lowest BCUT2D eigenvalue weighted by atomic mass is 10.2. The summed E-state index contributed by atoms with van der Waals surface area (Å²) in [4.78, 5) is 30.6. The average Bonchev–Trinajstić information content (AvgIpc) is 3.29. The van der Waals surface area contributed by atoms with Crippen LogP contribution in [0.2, 0.25) is 0 Å². The van der Waals surface area contributed by atoms with Gasteiger partial charge in [-0.2, -0.15) is 0 Å². The van der Waals surface area contributed by atoms with Crippen LogP contribution in [-0.2, 0) is 14.3 Å². The number of aromatic nitrogens is 5. The van der Waals surface area contributed by atoms with Crippen molar-refractivity contribution in [1.82, 2.24) is 25.0 Å². The van der Waals surface area contributed by atoms with Crippen LogP contribution >= 0.6 is 11.8 Å². The lowest BCUT2D eigenvalue weighted by Gasteiger charge is -2.12. The van der Waals surface area contributed by atoms with E-state index in [0.29, 0.717) is 17.2 Å². The fraction of sp³-hybridized carbons (Fsp3) is 0.722. The first kappa shape index (κ1) is 24.3. The lowest BCUT2D eigenvalue weighted by molar-refractivity contribution is -0.147. The second-order valence-corrected chi connectivity index (χ2v) is 8.48. The Kier molecular flexibility index (Phi) is 8.77. The minimum Gasteiger partial charge on any atom is -0.467 e. The van der Waals surface area contributed by atoms with Crippen molar-refractivity contribution in [2.24, 2.45) is 0 Å². The Balaban J connectivity index is 0.000000575. The van der Waals surface area contributed by atoms with Crippen molar-refractivity contribution in [1.29, 1.82) is 0 Å². The smallest absolute Gasteiger partial charge is 0.331 e. The number of thioether (sulfide) groups is 1. The summed E-state index contributed by atoms with van der Waals surface area (Å²) in [5.74, 6) is -1.01. The molecule has 0 radical (unpaired) electrons. The third-order valence-electron chi connectivity index (χ3n) is 4.12. The minimum absolute atomic E-state index is 0.0423. The van der Waals surface area contributed by atoms with Crippen molar-refractivity contribution < 1.29 is 24.5 Å². The normalized spacial score (nSPS) is 18.9. The van der Waals surface area contributed by atoms with Crippen LogP contribution in [0.15, 0.2) is 9.95 Å². The molecule has 2 unspecified atom stereocenters. The van der Waals surface area contributed by atoms with E-state index in [0.717, 1.165) is 25.0 Å². The molecule has 168 valence electrons. The fourth-order valence-electron chi connectivity index (χ4n) is 2.87. The van der Waals surface area contributed by atoms with Crippen LogP contribution in [0.3, 0.4) is 0 Å². The number of nitrogens with one attached hydrogen (secondary N) is 1. The van der Waals surface area contributed by atoms with Gasteiger partial charge in [-0.1, -0.05) is 23.9 Å². The number of rotatable bonds is 7. The maximum atomic E-state index is 12.2. The molecular formula is C18H29N5O6S. The summed E-state index contributed by atoms with van der Waals surface area (Å²) in [6, 6.07) is 0.0472. The van der Waals surface area contributed by atoms with Gasteiger partial charge in [-0.15, -0.1) is 5.10 Å². The summed E-state index contributed by atoms with van der Waals surface area (Å²) in [5, 5.41) is 24.8. The highest BCUT2D eigenvalue weighted by atomic mass is 32.2. The summed E-state index contributed by atoms with van der Waals surface area (Å²) in [6.07, 6.45) is 3.28. The molecule has 0 saturated heterocycles. The average molecular weight is 444 g/mol. The zero-order chi connectivity index (χ0) is 22.3. The van der Waals surface area contributed by atoms with Gasteiger partial charge >= 0.3 is 5.97 Å². The molecule has 11 nitrogen and oxygen atoms in total. The summed E-state index contributed by atoms with van der Waals surface area (Å²) in [7, 11) is 1.34. The third-order valence-corrected chi connectivity index (χ3v) is 5.20. The van der Waals surface area contributed by atoms with E-state index in [-0.39, 0.29) is 35.8 Å². The SMILES string of the molecule is CC(C)(O)O.CCCSc1nc2c(nnn2C2CCC(OCC(=O)OC)C2)c(=O)[nH]1. The number of hydrogen-bond donors (Lipinski definition) is 3. The topological polar surface area (TPSA) is 152 Å². The molecule has 2 aromatic rings. The molecule has 0 bridgehead atoms. The summed E-state index contributed by atoms with van der Waals surface area (Å²) >= 11 is 1.51. The van der Waals surface area contributed by atoms with Crippen molar-refractivity contribution in [3.8, 4) is 0 Å². The number of methoxy groups -OCH3 is 1. The quantitative estimate of drug-likeness (QED) is 0.244. The first-order chi connectivity index (χ1) is 14.1. The standard InChI is InChI=1S/C15H21N5O4S.C3H8O2/c1-3-6-25-15-16-13-12(14(22)17-15)18-19-20(13)9-4-5-10(7-9)24-8-11(21)23-2;1-3(2,4)5/h9-10H,3-8H2,1-2H3,(H,16,17,22);4-5H,1-2H3. The number of esters is 1. The number of ether oxygens (including phenoxy) is 2. The zero-order valence-electron chi connectivity index (χ0n) is 17.6. The highest BCUT2D eigenvalue weighted by molar-refractivity contribution is 7.99. The van der Waals surface area contributed by atoms with Gasteiger partial charge in [0, 0.05) is 5.75 Å². The fourth-order valence-corrected chi connectivity index (χ4v) is 3.58. The van der Waals surface area contributed by atoms with Crippen molar-refractivity contribution in [3.63, 3.8) is 0 Å². The number of H-pyrrole nitrogens is 1. The van der Waals surface area contributed by atoms with Gasteiger partial charge in [-0.3, -0.25) is 9.78 Å². The molecule has 2 heterocycles. The number of carbonyl (C=O) groups excluding carboxylic acids is 1. The van der Waals surface area contributed by atoms with E-state index in [1.807, 2.05) is 0 Å². The molecule has 1 aliphatic carbocycles. The third kappa shape index (κ3) is 7.35. The molecule has 0 spiro atoms. The van der Waals surface area contributed by atoms with Gasteiger partial charge in [0.1, 0.15) is 6.61 Å². The molecule has 1 saturated carbocycles. The molecule has 3 rings (SSSR count). The zero-order valence-corrected chi connectivity index (χ0v) is 18.4. The first-order valence-electron chi connectivity index (χ1n) is 9.73. The molecule has 0 amide bonds. The monoisotopic (exact) mass is 443 g/mol. The second-order valence-electron chi connectivity index (χ2n) is 7.40. The molecule has 1 fully saturated rings. The molecule has 12 heteroatoms. The predicted molar refractivity (Wildman–Crippen MR) is 110 cm³/mol. The Hall–Kier alpha value is -2.02. The van der Waals surface area contributed by atoms with Crippen LogP contribution in [0.5, 0.6) is 0 Å². The summed E-state index contributed by atoms with van der Waals surface area (Å²) < 4.78 is 11.9. The van der Waals surface area contributed by atoms with Gasteiger partial charge in [0.25, 0.3) is 5.56 Å². The molecule has 0 aliphatic heterocycles. The van der Waals surface area contributed by atoms with Crippen LogP contribution in [0.25, 0.3) is 11.2 Å². The van der Waals surface area contributed by atoms with Gasteiger partial charge in [-0.05, 0) is 39.5 Å². The van der Waals surface area contributed by atoms with Crippen molar-refractivity contribution in [2.75, 3.05) is 19.5 Å². The number of carbonyl (C=O) groups is 1. The minimum atomic E-state index is -1.50. The van der Waals surface area contributed by atoms with E-state index in [4.69, 9.17) is 14.9 Å². The molecule has 3 N–H and O–H groups in total. The Morgan fingerprint density at radius 2 is 2.07 bits per heavy atom. The maximum absolute atomic E-state index is 12.2. The summed E-state index contributed by atoms with van der Waals surface area (Å²) in [6.45, 7) is 4.62. The van der Waals surface area contributed by atoms with E-state index in [2.05, 4.69) is 31.9 Å². The molecule has 2 aromatic heterocycles. The molecule has 2 atom stereocenters. The number of fused-ring (bicyclic) bond motifs is 1. The van der Waals surface area contributed by atoms with Crippen LogP contribution in [-0.4, -0.2) is 72.5 Å². The van der Waals surface area contributed by atoms with Gasteiger partial charge < -0.3 is 19.7 Å². The molecule has 0 aromatic carbocycles. The Labute approximate surface area is 178 Å². The van der Waals surface area contributed by atoms with Gasteiger partial charge in [0.15, 0.2) is 22.1 Å².